The number of hydrogen-bond donors (Lipinski definition) is 0. The van der Waals surface area contributed by atoms with E-state index in [4.69, 9.17) is 37.7 Å². The number of aliphatic imine (C=N–C) groups is 1. The molecule has 8 nitrogen and oxygen atoms in total. The lowest BCUT2D eigenvalue weighted by molar-refractivity contribution is -0.136. The minimum Gasteiger partial charge on any atom is -0.494 e. The summed E-state index contributed by atoms with van der Waals surface area (Å²) < 4.78 is 12.2. The lowest BCUT2D eigenvalue weighted by Gasteiger charge is -2.56. The number of methoxy groups -OCH3 is 1. The van der Waals surface area contributed by atoms with Gasteiger partial charge in [0.1, 0.15) is 29.2 Å². The van der Waals surface area contributed by atoms with Crippen LogP contribution in [-0.4, -0.2) is 77.0 Å². The van der Waals surface area contributed by atoms with E-state index in [9.17, 15) is 9.59 Å². The van der Waals surface area contributed by atoms with Crippen LogP contribution < -0.4 is 0 Å². The molecule has 43 heavy (non-hydrogen) atoms. The average molecular weight is 628 g/mol. The van der Waals surface area contributed by atoms with Gasteiger partial charge >= 0.3 is 6.03 Å². The molecule has 1 aliphatic carbocycles. The van der Waals surface area contributed by atoms with Crippen molar-refractivity contribution >= 4 is 41.0 Å². The Balaban J connectivity index is 0.000000246. The molecule has 3 heterocycles. The number of amidine groups is 1. The predicted octanol–water partition coefficient (Wildman–Crippen LogP) is 7.01. The molecule has 0 bridgehead atoms. The minimum atomic E-state index is -0.917. The van der Waals surface area contributed by atoms with Gasteiger partial charge in [0.15, 0.2) is 0 Å². The van der Waals surface area contributed by atoms with Crippen LogP contribution in [0.3, 0.4) is 0 Å². The molecule has 2 aromatic rings. The SMILES string of the molecule is COC1(C)C=C(OC(C)C)C2(C)C3=NCCN3C(=O)N3CC(=O)N(C(C)C)C1=C32.Clc1ccccc1.Clc1ccccc1. The first kappa shape index (κ1) is 32.6. The first-order valence-corrected chi connectivity index (χ1v) is 15.2. The van der Waals surface area contributed by atoms with E-state index in [1.165, 1.54) is 0 Å². The van der Waals surface area contributed by atoms with Gasteiger partial charge in [0.25, 0.3) is 0 Å². The summed E-state index contributed by atoms with van der Waals surface area (Å²) in [5, 5.41) is 1.59. The van der Waals surface area contributed by atoms with E-state index >= 15 is 0 Å². The molecule has 2 atom stereocenters. The summed E-state index contributed by atoms with van der Waals surface area (Å²) >= 11 is 11.1. The molecule has 230 valence electrons. The summed E-state index contributed by atoms with van der Waals surface area (Å²) in [5.74, 6) is 1.28. The number of rotatable bonds is 4. The molecule has 0 saturated carbocycles. The molecule has 1 saturated heterocycles. The van der Waals surface area contributed by atoms with Crippen molar-refractivity contribution < 1.29 is 19.1 Å². The van der Waals surface area contributed by atoms with Gasteiger partial charge in [-0.25, -0.2) is 4.79 Å². The van der Waals surface area contributed by atoms with Crippen molar-refractivity contribution in [3.05, 3.63) is 93.9 Å². The van der Waals surface area contributed by atoms with Gasteiger partial charge < -0.3 is 14.4 Å². The summed E-state index contributed by atoms with van der Waals surface area (Å²) in [6.07, 6.45) is 1.89. The normalized spacial score (nSPS) is 24.0. The van der Waals surface area contributed by atoms with Crippen LogP contribution in [0.1, 0.15) is 41.5 Å². The van der Waals surface area contributed by atoms with Crippen molar-refractivity contribution in [3.63, 3.8) is 0 Å². The number of nitrogens with zero attached hydrogens (tertiary/aromatic N) is 4. The molecular formula is C33H40Cl2N4O4. The maximum Gasteiger partial charge on any atom is 0.330 e. The zero-order valence-electron chi connectivity index (χ0n) is 25.8. The Labute approximate surface area is 264 Å². The summed E-state index contributed by atoms with van der Waals surface area (Å²) in [7, 11) is 1.62. The number of benzene rings is 2. The lowest BCUT2D eigenvalue weighted by atomic mass is 9.70. The fourth-order valence-corrected chi connectivity index (χ4v) is 6.03. The van der Waals surface area contributed by atoms with Crippen LogP contribution in [0.2, 0.25) is 10.0 Å². The molecule has 0 aromatic heterocycles. The van der Waals surface area contributed by atoms with E-state index in [1.807, 2.05) is 108 Å². The van der Waals surface area contributed by atoms with Crippen molar-refractivity contribution in [2.75, 3.05) is 26.7 Å². The standard InChI is InChI=1S/C21H30N4O4.2C6H5Cl/c1-12(2)25-15(26)11-24-17-16(25)20(5,28-7)10-14(29-13(3)4)21(17,6)18-22-8-9-23(18)19(24)27;2*7-6-4-2-1-3-5-6/h10,12-13H,8-9,11H2,1-7H3;2*1-5H. The van der Waals surface area contributed by atoms with Crippen LogP contribution >= 0.6 is 23.2 Å². The Bertz CT molecular complexity index is 1390. The van der Waals surface area contributed by atoms with E-state index in [-0.39, 0.29) is 30.6 Å². The van der Waals surface area contributed by atoms with Crippen LogP contribution in [0.5, 0.6) is 0 Å². The second-order valence-electron chi connectivity index (χ2n) is 11.5. The molecule has 2 aromatic carbocycles. The summed E-state index contributed by atoms with van der Waals surface area (Å²) in [6.45, 7) is 12.9. The zero-order chi connectivity index (χ0) is 31.5. The fourth-order valence-electron chi connectivity index (χ4n) is 5.74. The van der Waals surface area contributed by atoms with Crippen molar-refractivity contribution in [1.82, 2.24) is 14.7 Å². The van der Waals surface area contributed by atoms with Gasteiger partial charge in [-0.15, -0.1) is 0 Å². The molecular weight excluding hydrogens is 587 g/mol. The molecule has 10 heteroatoms. The van der Waals surface area contributed by atoms with E-state index in [0.29, 0.717) is 30.4 Å². The zero-order valence-corrected chi connectivity index (χ0v) is 27.3. The number of fused-ring (bicyclic) bond motifs is 2. The minimum absolute atomic E-state index is 0.00394. The highest BCUT2D eigenvalue weighted by Gasteiger charge is 2.62. The maximum absolute atomic E-state index is 13.3. The molecule has 0 radical (unpaired) electrons. The Morgan fingerprint density at radius 3 is 1.86 bits per heavy atom. The highest BCUT2D eigenvalue weighted by atomic mass is 35.5. The van der Waals surface area contributed by atoms with Gasteiger partial charge in [-0.1, -0.05) is 59.6 Å². The topological polar surface area (TPSA) is 74.7 Å². The quantitative estimate of drug-likeness (QED) is 0.366. The number of carbonyl (C=O) groups is 2. The Morgan fingerprint density at radius 1 is 0.860 bits per heavy atom. The summed E-state index contributed by atoms with van der Waals surface area (Å²) in [4.78, 5) is 36.2. The van der Waals surface area contributed by atoms with Crippen LogP contribution in [0.25, 0.3) is 0 Å². The third kappa shape index (κ3) is 6.33. The first-order chi connectivity index (χ1) is 20.3. The van der Waals surface area contributed by atoms with Gasteiger partial charge in [-0.05, 0) is 71.9 Å². The largest absolute Gasteiger partial charge is 0.494 e. The van der Waals surface area contributed by atoms with Gasteiger partial charge in [0, 0.05) is 29.7 Å². The Hall–Kier alpha value is -3.33. The Kier molecular flexibility index (Phi) is 9.94. The maximum atomic E-state index is 13.3. The van der Waals surface area contributed by atoms with Crippen LogP contribution in [0, 0.1) is 5.41 Å². The third-order valence-electron chi connectivity index (χ3n) is 7.66. The monoisotopic (exact) mass is 626 g/mol. The first-order valence-electron chi connectivity index (χ1n) is 14.4. The molecule has 0 N–H and O–H groups in total. The van der Waals surface area contributed by atoms with E-state index < -0.39 is 11.0 Å². The highest BCUT2D eigenvalue weighted by molar-refractivity contribution is 6.30. The van der Waals surface area contributed by atoms with E-state index in [1.54, 1.807) is 21.8 Å². The van der Waals surface area contributed by atoms with Gasteiger partial charge in [0.05, 0.1) is 24.0 Å². The third-order valence-corrected chi connectivity index (χ3v) is 8.16. The molecule has 3 aliphatic heterocycles. The average Bonchev–Trinajstić information content (AvgIpc) is 3.47. The van der Waals surface area contributed by atoms with Gasteiger partial charge in [-0.3, -0.25) is 19.6 Å². The van der Waals surface area contributed by atoms with Crippen LogP contribution in [-0.2, 0) is 14.3 Å². The molecule has 4 aliphatic rings. The number of halogens is 2. The summed E-state index contributed by atoms with van der Waals surface area (Å²) in [6, 6.07) is 18.6. The number of urea groups is 1. The number of carbonyl (C=O) groups excluding carboxylic acids is 2. The van der Waals surface area contributed by atoms with Crippen molar-refractivity contribution in [2.45, 2.75) is 59.3 Å². The molecule has 0 spiro atoms. The molecule has 6 rings (SSSR count). The van der Waals surface area contributed by atoms with Crippen molar-refractivity contribution in [3.8, 4) is 0 Å². The number of amides is 3. The second kappa shape index (κ2) is 13.1. The van der Waals surface area contributed by atoms with Crippen molar-refractivity contribution in [1.29, 1.82) is 0 Å². The molecule has 2 unspecified atom stereocenters. The van der Waals surface area contributed by atoms with E-state index in [0.717, 1.165) is 15.7 Å². The highest BCUT2D eigenvalue weighted by Crippen LogP contribution is 2.55. The van der Waals surface area contributed by atoms with Crippen LogP contribution in [0.15, 0.2) is 88.9 Å². The molecule has 1 fully saturated rings. The fraction of sp³-hybridized carbons (Fsp3) is 0.424. The number of hydrogen-bond acceptors (Lipinski definition) is 5. The number of ether oxygens (including phenoxy) is 2. The van der Waals surface area contributed by atoms with E-state index in [2.05, 4.69) is 0 Å². The van der Waals surface area contributed by atoms with Gasteiger partial charge in [0.2, 0.25) is 5.91 Å². The van der Waals surface area contributed by atoms with Crippen LogP contribution in [0.4, 0.5) is 4.79 Å². The lowest BCUT2D eigenvalue weighted by Crippen LogP contribution is -2.67. The Morgan fingerprint density at radius 2 is 1.42 bits per heavy atom. The summed E-state index contributed by atoms with van der Waals surface area (Å²) in [5.41, 5.74) is -0.238. The predicted molar refractivity (Wildman–Crippen MR) is 171 cm³/mol. The van der Waals surface area contributed by atoms with Gasteiger partial charge in [-0.2, -0.15) is 0 Å². The second-order valence-corrected chi connectivity index (χ2v) is 12.4. The molecule has 3 amide bonds. The van der Waals surface area contributed by atoms with Crippen molar-refractivity contribution in [2.24, 2.45) is 10.4 Å². The smallest absolute Gasteiger partial charge is 0.330 e.